The molecule has 0 aliphatic carbocycles. The summed E-state index contributed by atoms with van der Waals surface area (Å²) in [6, 6.07) is 27.3. The van der Waals surface area contributed by atoms with Crippen LogP contribution in [-0.2, 0) is 0 Å². The van der Waals surface area contributed by atoms with Gasteiger partial charge in [-0.25, -0.2) is 4.98 Å². The van der Waals surface area contributed by atoms with E-state index in [1.807, 2.05) is 84.9 Å². The number of hydrogen-bond donors (Lipinski definition) is 1. The first-order valence-electron chi connectivity index (χ1n) is 8.18. The lowest BCUT2D eigenvalue weighted by atomic mass is 10.0. The molecule has 3 aromatic carbocycles. The zero-order valence-corrected chi connectivity index (χ0v) is 14.6. The fourth-order valence-corrected chi connectivity index (χ4v) is 2.75. The highest BCUT2D eigenvalue weighted by atomic mass is 35.5. The predicted octanol–water partition coefficient (Wildman–Crippen LogP) is 5.60. The molecular formula is C21H15ClN4. The molecule has 0 saturated carbocycles. The molecule has 1 heterocycles. The standard InChI is InChI=1S/C21H15ClN4/c22-17-11-13-18(14-12-17)23-21-24-19(15-7-3-1-4-8-15)20(25-26-21)16-9-5-2-6-10-16/h1-14H,(H,23,24,26). The van der Waals surface area contributed by atoms with Gasteiger partial charge in [0.25, 0.3) is 0 Å². The molecule has 0 fully saturated rings. The highest BCUT2D eigenvalue weighted by molar-refractivity contribution is 6.30. The lowest BCUT2D eigenvalue weighted by molar-refractivity contribution is 0.990. The number of rotatable bonds is 4. The predicted molar refractivity (Wildman–Crippen MR) is 105 cm³/mol. The number of anilines is 2. The summed E-state index contributed by atoms with van der Waals surface area (Å²) in [5, 5.41) is 12.5. The number of nitrogens with one attached hydrogen (secondary N) is 1. The van der Waals surface area contributed by atoms with E-state index >= 15 is 0 Å². The summed E-state index contributed by atoms with van der Waals surface area (Å²) in [7, 11) is 0. The van der Waals surface area contributed by atoms with Gasteiger partial charge in [0.05, 0.1) is 0 Å². The van der Waals surface area contributed by atoms with Crippen molar-refractivity contribution in [1.29, 1.82) is 0 Å². The average molecular weight is 359 g/mol. The number of nitrogens with zero attached hydrogens (tertiary/aromatic N) is 3. The Morgan fingerprint density at radius 1 is 0.615 bits per heavy atom. The molecule has 4 rings (SSSR count). The van der Waals surface area contributed by atoms with E-state index in [1.165, 1.54) is 0 Å². The molecule has 1 N–H and O–H groups in total. The molecule has 126 valence electrons. The smallest absolute Gasteiger partial charge is 0.247 e. The molecule has 0 aliphatic heterocycles. The molecule has 0 aliphatic rings. The van der Waals surface area contributed by atoms with Gasteiger partial charge in [-0.2, -0.15) is 0 Å². The minimum Gasteiger partial charge on any atom is -0.323 e. The van der Waals surface area contributed by atoms with Crippen LogP contribution >= 0.6 is 11.6 Å². The lowest BCUT2D eigenvalue weighted by Crippen LogP contribution is -2.03. The third-order valence-corrected chi connectivity index (χ3v) is 4.13. The number of halogens is 1. The van der Waals surface area contributed by atoms with Crippen molar-refractivity contribution in [1.82, 2.24) is 15.2 Å². The van der Waals surface area contributed by atoms with Crippen molar-refractivity contribution >= 4 is 23.2 Å². The van der Waals surface area contributed by atoms with Gasteiger partial charge in [-0.3, -0.25) is 0 Å². The molecule has 0 unspecified atom stereocenters. The van der Waals surface area contributed by atoms with Gasteiger partial charge in [0.2, 0.25) is 5.95 Å². The second-order valence-corrected chi connectivity index (χ2v) is 6.13. The molecule has 5 heteroatoms. The van der Waals surface area contributed by atoms with E-state index < -0.39 is 0 Å². The highest BCUT2D eigenvalue weighted by Gasteiger charge is 2.13. The number of hydrogen-bond acceptors (Lipinski definition) is 4. The van der Waals surface area contributed by atoms with E-state index in [2.05, 4.69) is 15.5 Å². The molecule has 0 amide bonds. The molecule has 4 aromatic rings. The van der Waals surface area contributed by atoms with Crippen LogP contribution in [0.2, 0.25) is 5.02 Å². The quantitative estimate of drug-likeness (QED) is 0.515. The maximum absolute atomic E-state index is 5.94. The second kappa shape index (κ2) is 7.33. The van der Waals surface area contributed by atoms with Crippen molar-refractivity contribution in [3.05, 3.63) is 90.0 Å². The molecule has 0 atom stereocenters. The fourth-order valence-electron chi connectivity index (χ4n) is 2.63. The van der Waals surface area contributed by atoms with Crippen molar-refractivity contribution in [3.8, 4) is 22.5 Å². The largest absolute Gasteiger partial charge is 0.323 e. The van der Waals surface area contributed by atoms with Crippen LogP contribution in [0.4, 0.5) is 11.6 Å². The summed E-state index contributed by atoms with van der Waals surface area (Å²) in [6.07, 6.45) is 0. The first-order valence-corrected chi connectivity index (χ1v) is 8.55. The van der Waals surface area contributed by atoms with Crippen LogP contribution in [0.1, 0.15) is 0 Å². The molecule has 26 heavy (non-hydrogen) atoms. The van der Waals surface area contributed by atoms with Crippen LogP contribution in [-0.4, -0.2) is 15.2 Å². The number of benzene rings is 3. The minimum absolute atomic E-state index is 0.436. The summed E-state index contributed by atoms with van der Waals surface area (Å²) in [5.41, 5.74) is 4.34. The molecular weight excluding hydrogens is 344 g/mol. The maximum Gasteiger partial charge on any atom is 0.247 e. The number of aromatic nitrogens is 3. The normalized spacial score (nSPS) is 10.5. The first-order chi connectivity index (χ1) is 12.8. The SMILES string of the molecule is Clc1ccc(Nc2nnc(-c3ccccc3)c(-c3ccccc3)n2)cc1. The van der Waals surface area contributed by atoms with Crippen LogP contribution in [0.3, 0.4) is 0 Å². The fraction of sp³-hybridized carbons (Fsp3) is 0. The summed E-state index contributed by atoms with van der Waals surface area (Å²) in [4.78, 5) is 4.72. The molecule has 4 nitrogen and oxygen atoms in total. The molecule has 0 radical (unpaired) electrons. The Hall–Kier alpha value is -3.24. The van der Waals surface area contributed by atoms with E-state index in [4.69, 9.17) is 16.6 Å². The van der Waals surface area contributed by atoms with E-state index in [-0.39, 0.29) is 0 Å². The van der Waals surface area contributed by atoms with Crippen LogP contribution in [0.5, 0.6) is 0 Å². The van der Waals surface area contributed by atoms with Crippen LogP contribution < -0.4 is 5.32 Å². The summed E-state index contributed by atoms with van der Waals surface area (Å²) in [5.74, 6) is 0.436. The van der Waals surface area contributed by atoms with Crippen molar-refractivity contribution in [2.45, 2.75) is 0 Å². The van der Waals surface area contributed by atoms with Gasteiger partial charge in [-0.05, 0) is 24.3 Å². The lowest BCUT2D eigenvalue weighted by Gasteiger charge is -2.10. The van der Waals surface area contributed by atoms with Crippen molar-refractivity contribution in [2.75, 3.05) is 5.32 Å². The van der Waals surface area contributed by atoms with Gasteiger partial charge in [0, 0.05) is 21.8 Å². The van der Waals surface area contributed by atoms with Gasteiger partial charge in [0.15, 0.2) is 0 Å². The van der Waals surface area contributed by atoms with Crippen molar-refractivity contribution < 1.29 is 0 Å². The van der Waals surface area contributed by atoms with Gasteiger partial charge in [0.1, 0.15) is 11.4 Å². The Kier molecular flexibility index (Phi) is 4.58. The van der Waals surface area contributed by atoms with E-state index in [0.717, 1.165) is 28.2 Å². The zero-order chi connectivity index (χ0) is 17.8. The first kappa shape index (κ1) is 16.2. The van der Waals surface area contributed by atoms with Crippen LogP contribution in [0, 0.1) is 0 Å². The maximum atomic E-state index is 5.94. The van der Waals surface area contributed by atoms with E-state index in [1.54, 1.807) is 0 Å². The summed E-state index contributed by atoms with van der Waals surface area (Å²) >= 11 is 5.94. The molecule has 0 spiro atoms. The van der Waals surface area contributed by atoms with Crippen molar-refractivity contribution in [2.24, 2.45) is 0 Å². The third-order valence-electron chi connectivity index (χ3n) is 3.88. The van der Waals surface area contributed by atoms with Crippen LogP contribution in [0.15, 0.2) is 84.9 Å². The zero-order valence-electron chi connectivity index (χ0n) is 13.8. The van der Waals surface area contributed by atoms with E-state index in [9.17, 15) is 0 Å². The third kappa shape index (κ3) is 3.55. The Morgan fingerprint density at radius 3 is 1.81 bits per heavy atom. The molecule has 1 aromatic heterocycles. The Labute approximate surface area is 156 Å². The summed E-state index contributed by atoms with van der Waals surface area (Å²) < 4.78 is 0. The van der Waals surface area contributed by atoms with E-state index in [0.29, 0.717) is 11.0 Å². The van der Waals surface area contributed by atoms with Gasteiger partial charge in [-0.1, -0.05) is 72.3 Å². The van der Waals surface area contributed by atoms with Gasteiger partial charge in [-0.15, -0.1) is 10.2 Å². The monoisotopic (exact) mass is 358 g/mol. The van der Waals surface area contributed by atoms with Crippen molar-refractivity contribution in [3.63, 3.8) is 0 Å². The van der Waals surface area contributed by atoms with Gasteiger partial charge >= 0.3 is 0 Å². The van der Waals surface area contributed by atoms with Gasteiger partial charge < -0.3 is 5.32 Å². The second-order valence-electron chi connectivity index (χ2n) is 5.70. The van der Waals surface area contributed by atoms with Crippen LogP contribution in [0.25, 0.3) is 22.5 Å². The Morgan fingerprint density at radius 2 is 1.19 bits per heavy atom. The summed E-state index contributed by atoms with van der Waals surface area (Å²) in [6.45, 7) is 0. The Bertz CT molecular complexity index is 1000. The molecule has 0 bridgehead atoms. The molecule has 0 saturated heterocycles. The average Bonchev–Trinajstić information content (AvgIpc) is 2.71. The Balaban J connectivity index is 1.78. The highest BCUT2D eigenvalue weighted by Crippen LogP contribution is 2.29. The topological polar surface area (TPSA) is 50.7 Å². The minimum atomic E-state index is 0.436.